The van der Waals surface area contributed by atoms with Gasteiger partial charge in [0.1, 0.15) is 0 Å². The Balaban J connectivity index is 1.12. The quantitative estimate of drug-likeness (QED) is 0.231. The highest BCUT2D eigenvalue weighted by atomic mass is 35.5. The summed E-state index contributed by atoms with van der Waals surface area (Å²) in [4.78, 5) is 32.8. The third-order valence-electron chi connectivity index (χ3n) is 8.81. The average Bonchev–Trinajstić information content (AvgIpc) is 3.51. The van der Waals surface area contributed by atoms with Gasteiger partial charge >= 0.3 is 0 Å². The molecular formula is C32H42ClN9O3S. The molecule has 5 rings (SSSR count). The van der Waals surface area contributed by atoms with E-state index in [9.17, 15) is 13.2 Å². The number of likely N-dealkylation sites (tertiary alicyclic amines) is 1. The number of rotatable bonds is 11. The first-order valence-corrected chi connectivity index (χ1v) is 17.7. The second-order valence-corrected chi connectivity index (χ2v) is 14.4. The summed E-state index contributed by atoms with van der Waals surface area (Å²) in [6.07, 6.45) is 11.8. The molecule has 2 aromatic heterocycles. The molecule has 1 atom stereocenters. The SMILES string of the molecule is C#Cc1ccc(CN2CCC(N3CCN(c4nc(N)c(C(=O)NCCCS(=O)(=O)c5cn(C)cn5)nc4Cl)C[C@@H]3CC)CC2)cc1. The van der Waals surface area contributed by atoms with Gasteiger partial charge in [-0.15, -0.1) is 6.42 Å². The van der Waals surface area contributed by atoms with Crippen molar-refractivity contribution in [3.05, 3.63) is 58.8 Å². The van der Waals surface area contributed by atoms with Crippen molar-refractivity contribution in [2.75, 3.05) is 55.7 Å². The maximum absolute atomic E-state index is 12.8. The molecule has 2 aliphatic rings. The lowest BCUT2D eigenvalue weighted by molar-refractivity contribution is 0.0610. The topological polar surface area (TPSA) is 143 Å². The summed E-state index contributed by atoms with van der Waals surface area (Å²) in [6, 6.07) is 9.09. The minimum Gasteiger partial charge on any atom is -0.382 e. The lowest BCUT2D eigenvalue weighted by Gasteiger charge is -2.47. The van der Waals surface area contributed by atoms with Gasteiger partial charge in [0.05, 0.1) is 12.1 Å². The summed E-state index contributed by atoms with van der Waals surface area (Å²) in [7, 11) is -1.84. The molecule has 246 valence electrons. The third kappa shape index (κ3) is 7.98. The molecule has 0 saturated carbocycles. The Morgan fingerprint density at radius 3 is 2.54 bits per heavy atom. The van der Waals surface area contributed by atoms with Crippen LogP contribution in [-0.2, 0) is 23.4 Å². The zero-order chi connectivity index (χ0) is 32.8. The number of hydrogen-bond donors (Lipinski definition) is 2. The molecule has 0 aliphatic carbocycles. The first-order valence-electron chi connectivity index (χ1n) is 15.7. The number of carbonyl (C=O) groups is 1. The minimum absolute atomic E-state index is 0.00892. The number of imidazole rings is 1. The molecule has 1 aromatic carbocycles. The summed E-state index contributed by atoms with van der Waals surface area (Å²) in [6.45, 7) is 7.69. The van der Waals surface area contributed by atoms with Crippen LogP contribution in [0, 0.1) is 12.3 Å². The largest absolute Gasteiger partial charge is 0.382 e. The van der Waals surface area contributed by atoms with Gasteiger partial charge in [0.25, 0.3) is 5.91 Å². The summed E-state index contributed by atoms with van der Waals surface area (Å²) >= 11 is 6.58. The van der Waals surface area contributed by atoms with Crippen molar-refractivity contribution >= 4 is 39.0 Å². The fourth-order valence-electron chi connectivity index (χ4n) is 6.27. The van der Waals surface area contributed by atoms with Gasteiger partial charge in [-0.1, -0.05) is 36.6 Å². The number of nitrogens with two attached hydrogens (primary N) is 1. The number of aryl methyl sites for hydroxylation is 1. The molecule has 3 N–H and O–H groups in total. The van der Waals surface area contributed by atoms with Crippen LogP contribution >= 0.6 is 11.6 Å². The maximum atomic E-state index is 12.8. The van der Waals surface area contributed by atoms with Crippen molar-refractivity contribution in [2.45, 2.75) is 56.3 Å². The Kier molecular flexibility index (Phi) is 10.8. The molecule has 12 nitrogen and oxygen atoms in total. The molecule has 2 aliphatic heterocycles. The molecule has 0 spiro atoms. The highest BCUT2D eigenvalue weighted by molar-refractivity contribution is 7.91. The number of piperidine rings is 1. The van der Waals surface area contributed by atoms with Gasteiger partial charge in [-0.3, -0.25) is 14.6 Å². The van der Waals surface area contributed by atoms with Crippen LogP contribution in [0.1, 0.15) is 54.2 Å². The van der Waals surface area contributed by atoms with Gasteiger partial charge in [0, 0.05) is 63.6 Å². The van der Waals surface area contributed by atoms with E-state index in [2.05, 4.69) is 59.9 Å². The molecule has 14 heteroatoms. The van der Waals surface area contributed by atoms with E-state index in [4.69, 9.17) is 23.8 Å². The average molecular weight is 668 g/mol. The summed E-state index contributed by atoms with van der Waals surface area (Å²) in [5.41, 5.74) is 8.30. The number of nitrogen functional groups attached to an aromatic ring is 1. The Morgan fingerprint density at radius 2 is 1.89 bits per heavy atom. The van der Waals surface area contributed by atoms with E-state index in [0.29, 0.717) is 17.9 Å². The molecule has 3 aromatic rings. The predicted octanol–water partition coefficient (Wildman–Crippen LogP) is 2.59. The highest BCUT2D eigenvalue weighted by Crippen LogP contribution is 2.30. The molecule has 0 bridgehead atoms. The Morgan fingerprint density at radius 1 is 1.15 bits per heavy atom. The number of terminal acetylenes is 1. The highest BCUT2D eigenvalue weighted by Gasteiger charge is 2.34. The molecular weight excluding hydrogens is 626 g/mol. The first kappa shape index (κ1) is 33.7. The van der Waals surface area contributed by atoms with Gasteiger partial charge < -0.3 is 20.5 Å². The number of amides is 1. The maximum Gasteiger partial charge on any atom is 0.273 e. The standard InChI is InChI=1S/C32H42ClN9O3S/c1-4-23-7-9-24(10-8-23)19-40-14-11-26(12-15-40)42-17-16-41(20-25(42)5-2)31-29(33)37-28(30(34)38-31)32(43)35-13-6-18-46(44,45)27-21-39(3)22-36-27/h1,7-10,21-22,25-26H,5-6,11-20H2,2-3H3,(H2,34,38)(H,35,43)/t25-/m0/s1. The Bertz CT molecular complexity index is 1660. The first-order chi connectivity index (χ1) is 22.1. The summed E-state index contributed by atoms with van der Waals surface area (Å²) < 4.78 is 26.4. The van der Waals surface area contributed by atoms with Crippen LogP contribution in [0.5, 0.6) is 0 Å². The van der Waals surface area contributed by atoms with Crippen LogP contribution in [0.4, 0.5) is 11.6 Å². The number of benzene rings is 1. The van der Waals surface area contributed by atoms with E-state index >= 15 is 0 Å². The number of hydrogen-bond acceptors (Lipinski definition) is 10. The molecule has 46 heavy (non-hydrogen) atoms. The van der Waals surface area contributed by atoms with Gasteiger partial charge in [-0.2, -0.15) is 0 Å². The van der Waals surface area contributed by atoms with Gasteiger partial charge in [-0.25, -0.2) is 23.4 Å². The normalized spacial score (nSPS) is 18.4. The van der Waals surface area contributed by atoms with Gasteiger partial charge in [-0.05, 0) is 56.5 Å². The van der Waals surface area contributed by atoms with Crippen LogP contribution in [0.3, 0.4) is 0 Å². The fourth-order valence-corrected chi connectivity index (χ4v) is 7.78. The number of carbonyl (C=O) groups excluding carboxylic acids is 1. The Labute approximate surface area is 276 Å². The van der Waals surface area contributed by atoms with Crippen LogP contribution in [0.15, 0.2) is 41.8 Å². The van der Waals surface area contributed by atoms with Crippen molar-refractivity contribution in [3.8, 4) is 12.3 Å². The molecule has 1 amide bonds. The second kappa shape index (κ2) is 14.8. The smallest absolute Gasteiger partial charge is 0.273 e. The number of aromatic nitrogens is 4. The zero-order valence-electron chi connectivity index (χ0n) is 26.4. The monoisotopic (exact) mass is 667 g/mol. The molecule has 0 unspecified atom stereocenters. The number of piperazine rings is 1. The van der Waals surface area contributed by atoms with Crippen LogP contribution in [0.25, 0.3) is 0 Å². The van der Waals surface area contributed by atoms with E-state index in [1.165, 1.54) is 18.1 Å². The minimum atomic E-state index is -3.54. The number of anilines is 2. The molecule has 4 heterocycles. The van der Waals surface area contributed by atoms with Crippen LogP contribution in [-0.4, -0.2) is 101 Å². The summed E-state index contributed by atoms with van der Waals surface area (Å²) in [5.74, 6) is 2.42. The second-order valence-electron chi connectivity index (χ2n) is 12.0. The van der Waals surface area contributed by atoms with E-state index in [-0.39, 0.29) is 40.4 Å². The Hall–Kier alpha value is -3.70. The van der Waals surface area contributed by atoms with Crippen LogP contribution in [0.2, 0.25) is 5.15 Å². The van der Waals surface area contributed by atoms with E-state index in [1.807, 2.05) is 12.1 Å². The van der Waals surface area contributed by atoms with Gasteiger partial charge in [0.15, 0.2) is 37.3 Å². The van der Waals surface area contributed by atoms with E-state index in [0.717, 1.165) is 64.1 Å². The number of nitrogens with zero attached hydrogens (tertiary/aromatic N) is 7. The van der Waals surface area contributed by atoms with Crippen molar-refractivity contribution in [1.82, 2.24) is 34.6 Å². The molecule has 2 fully saturated rings. The van der Waals surface area contributed by atoms with Crippen molar-refractivity contribution in [3.63, 3.8) is 0 Å². The molecule has 0 radical (unpaired) electrons. The zero-order valence-corrected chi connectivity index (χ0v) is 28.0. The number of halogens is 1. The van der Waals surface area contributed by atoms with Gasteiger partial charge in [0.2, 0.25) is 0 Å². The predicted molar refractivity (Wildman–Crippen MR) is 179 cm³/mol. The fraction of sp³-hybridized carbons (Fsp3) is 0.500. The number of sulfone groups is 1. The lowest BCUT2D eigenvalue weighted by Crippen LogP contribution is -2.58. The molecule has 2 saturated heterocycles. The van der Waals surface area contributed by atoms with Crippen molar-refractivity contribution in [1.29, 1.82) is 0 Å². The van der Waals surface area contributed by atoms with Crippen molar-refractivity contribution in [2.24, 2.45) is 7.05 Å². The van der Waals surface area contributed by atoms with Crippen LogP contribution < -0.4 is 16.0 Å². The number of nitrogens with one attached hydrogen (secondary N) is 1. The summed E-state index contributed by atoms with van der Waals surface area (Å²) in [5, 5.41) is 2.80. The third-order valence-corrected chi connectivity index (χ3v) is 10.7. The van der Waals surface area contributed by atoms with E-state index < -0.39 is 15.7 Å². The lowest BCUT2D eigenvalue weighted by atomic mass is 9.97. The van der Waals surface area contributed by atoms with E-state index in [1.54, 1.807) is 11.6 Å². The van der Waals surface area contributed by atoms with Crippen molar-refractivity contribution < 1.29 is 13.2 Å².